The summed E-state index contributed by atoms with van der Waals surface area (Å²) in [5.74, 6) is 4.35. The molecular weight excluding hydrogens is 562 g/mol. The maximum absolute atomic E-state index is 13.5. The first-order valence-corrected chi connectivity index (χ1v) is 17.7. The van der Waals surface area contributed by atoms with Crippen molar-refractivity contribution >= 4 is 38.9 Å². The number of fused-ring (bicyclic) bond motifs is 4. The number of amides is 1. The fraction of sp³-hybridized carbons (Fsp3) is 0.667. The molecule has 1 aliphatic carbocycles. The van der Waals surface area contributed by atoms with Crippen LogP contribution in [0.15, 0.2) is 30.5 Å². The zero-order valence-corrected chi connectivity index (χ0v) is 25.7. The lowest BCUT2D eigenvalue weighted by Gasteiger charge is -2.49. The van der Waals surface area contributed by atoms with Gasteiger partial charge >= 0.3 is 6.09 Å². The minimum atomic E-state index is -4.53. The highest BCUT2D eigenvalue weighted by molar-refractivity contribution is 7.99. The van der Waals surface area contributed by atoms with Crippen molar-refractivity contribution in [3.8, 4) is 5.75 Å². The van der Waals surface area contributed by atoms with Crippen molar-refractivity contribution < 1.29 is 32.1 Å². The molecule has 2 aromatic rings. The lowest BCUT2D eigenvalue weighted by Crippen LogP contribution is -3.20. The number of piperidine rings is 3. The molecule has 3 aliphatic heterocycles. The van der Waals surface area contributed by atoms with Crippen LogP contribution in [0.4, 0.5) is 4.79 Å². The van der Waals surface area contributed by atoms with E-state index in [-0.39, 0.29) is 12.5 Å². The number of carbonyl (C=O) groups is 1. The molecule has 1 saturated carbocycles. The smallest absolute Gasteiger partial charge is 0.408 e. The Morgan fingerprint density at radius 2 is 2.05 bits per heavy atom. The van der Waals surface area contributed by atoms with E-state index in [0.717, 1.165) is 42.4 Å². The molecule has 11 heteroatoms. The second-order valence-corrected chi connectivity index (χ2v) is 14.7. The first-order chi connectivity index (χ1) is 19.8. The van der Waals surface area contributed by atoms with Crippen LogP contribution in [0, 0.1) is 11.8 Å². The number of quaternary nitrogens is 1. The Hall–Kier alpha value is -2.08. The second-order valence-electron chi connectivity index (χ2n) is 11.8. The highest BCUT2D eigenvalue weighted by Gasteiger charge is 2.48. The van der Waals surface area contributed by atoms with Crippen LogP contribution in [-0.4, -0.2) is 73.1 Å². The Kier molecular flexibility index (Phi) is 9.99. The lowest BCUT2D eigenvalue weighted by molar-refractivity contribution is -0.950. The summed E-state index contributed by atoms with van der Waals surface area (Å²) < 4.78 is 47.6. The summed E-state index contributed by atoms with van der Waals surface area (Å²) in [5.41, 5.74) is 1.67. The minimum Gasteiger partial charge on any atom is -0.748 e. The zero-order chi connectivity index (χ0) is 29.0. The Balaban J connectivity index is 1.41. The monoisotopic (exact) mass is 605 g/mol. The van der Waals surface area contributed by atoms with E-state index in [2.05, 4.69) is 17.2 Å². The molecule has 4 heterocycles. The quantitative estimate of drug-likeness (QED) is 0.294. The topological polar surface area (TPSA) is 122 Å². The van der Waals surface area contributed by atoms with Crippen molar-refractivity contribution in [3.05, 3.63) is 36.0 Å². The second kappa shape index (κ2) is 13.5. The molecule has 6 rings (SSSR count). The van der Waals surface area contributed by atoms with Crippen molar-refractivity contribution in [2.45, 2.75) is 81.7 Å². The molecule has 7 atom stereocenters. The van der Waals surface area contributed by atoms with Gasteiger partial charge < -0.3 is 24.2 Å². The van der Waals surface area contributed by atoms with E-state index in [1.165, 1.54) is 35.7 Å². The van der Waals surface area contributed by atoms with Crippen LogP contribution in [0.1, 0.15) is 70.0 Å². The van der Waals surface area contributed by atoms with E-state index >= 15 is 0 Å². The predicted octanol–water partition coefficient (Wildman–Crippen LogP) is 3.69. The average molecular weight is 606 g/mol. The highest BCUT2D eigenvalue weighted by atomic mass is 32.2. The molecule has 4 aliphatic rings. The molecular formula is C30H43N3O6S2. The van der Waals surface area contributed by atoms with E-state index in [4.69, 9.17) is 9.47 Å². The van der Waals surface area contributed by atoms with Gasteiger partial charge in [0.2, 0.25) is 0 Å². The van der Waals surface area contributed by atoms with Crippen LogP contribution < -0.4 is 15.0 Å². The Morgan fingerprint density at radius 3 is 2.78 bits per heavy atom. The van der Waals surface area contributed by atoms with E-state index < -0.39 is 33.6 Å². The molecule has 1 amide bonds. The number of pyridine rings is 1. The van der Waals surface area contributed by atoms with Crippen LogP contribution in [0.5, 0.6) is 5.75 Å². The predicted molar refractivity (Wildman–Crippen MR) is 159 cm³/mol. The molecule has 1 aromatic heterocycles. The number of rotatable bonds is 11. The molecule has 226 valence electrons. The van der Waals surface area contributed by atoms with Crippen LogP contribution in [0.2, 0.25) is 0 Å². The molecule has 1 aromatic carbocycles. The number of nitrogens with one attached hydrogen (secondary N) is 2. The lowest BCUT2D eigenvalue weighted by atomic mass is 9.72. The third-order valence-electron chi connectivity index (χ3n) is 9.35. The van der Waals surface area contributed by atoms with Crippen LogP contribution in [0.25, 0.3) is 10.9 Å². The van der Waals surface area contributed by atoms with Crippen molar-refractivity contribution in [1.82, 2.24) is 10.3 Å². The summed E-state index contributed by atoms with van der Waals surface area (Å²) in [7, 11) is -2.91. The van der Waals surface area contributed by atoms with Gasteiger partial charge in [0.15, 0.2) is 6.10 Å². The van der Waals surface area contributed by atoms with Crippen LogP contribution in [-0.2, 0) is 14.9 Å². The van der Waals surface area contributed by atoms with Gasteiger partial charge in [-0.2, -0.15) is 11.8 Å². The van der Waals surface area contributed by atoms with Gasteiger partial charge in [-0.15, -0.1) is 0 Å². The van der Waals surface area contributed by atoms with E-state index in [0.29, 0.717) is 30.4 Å². The number of thioether (sulfide) groups is 1. The van der Waals surface area contributed by atoms with Crippen molar-refractivity contribution in [2.75, 3.05) is 31.7 Å². The fourth-order valence-corrected chi connectivity index (χ4v) is 9.32. The minimum absolute atomic E-state index is 0.0706. The highest BCUT2D eigenvalue weighted by Crippen LogP contribution is 2.38. The summed E-state index contributed by atoms with van der Waals surface area (Å²) in [6.45, 7) is 4.33. The number of methoxy groups -OCH3 is 1. The third kappa shape index (κ3) is 7.12. The van der Waals surface area contributed by atoms with Crippen molar-refractivity contribution in [3.63, 3.8) is 0 Å². The SMILES string of the molecule is CCCSCCC1C[NH+]2CCC1CC2C(OC(=O)N[C@@H]1CCCC[C@H]1S(=O)(=O)[O-])c1ccnc2ccc(OC)cc12. The van der Waals surface area contributed by atoms with Crippen LogP contribution >= 0.6 is 11.8 Å². The number of alkyl carbamates (subject to hydrolysis) is 1. The number of aromatic nitrogens is 1. The summed E-state index contributed by atoms with van der Waals surface area (Å²) in [5, 5.41) is 2.53. The molecule has 5 unspecified atom stereocenters. The van der Waals surface area contributed by atoms with Crippen molar-refractivity contribution in [2.24, 2.45) is 11.8 Å². The maximum Gasteiger partial charge on any atom is 0.408 e. The summed E-state index contributed by atoms with van der Waals surface area (Å²) in [6, 6.07) is 6.96. The fourth-order valence-electron chi connectivity index (χ4n) is 7.30. The van der Waals surface area contributed by atoms with E-state index in [1.54, 1.807) is 13.3 Å². The van der Waals surface area contributed by atoms with Gasteiger partial charge in [-0.3, -0.25) is 4.98 Å². The van der Waals surface area contributed by atoms with Gasteiger partial charge in [0.1, 0.15) is 11.8 Å². The maximum atomic E-state index is 13.5. The van der Waals surface area contributed by atoms with Gasteiger partial charge in [0, 0.05) is 41.9 Å². The Labute approximate surface area is 247 Å². The number of carbonyl (C=O) groups excluding carboxylic acids is 1. The molecule has 3 saturated heterocycles. The number of hydrogen-bond donors (Lipinski definition) is 2. The molecule has 41 heavy (non-hydrogen) atoms. The molecule has 2 N–H and O–H groups in total. The first-order valence-electron chi connectivity index (χ1n) is 15.0. The van der Waals surface area contributed by atoms with Gasteiger partial charge in [-0.1, -0.05) is 19.8 Å². The first kappa shape index (κ1) is 30.4. The van der Waals surface area contributed by atoms with Crippen LogP contribution in [0.3, 0.4) is 0 Å². The standard InChI is InChI=1S/C30H43N3O6S2/c1-3-15-40-16-12-21-19-33-14-11-20(21)17-27(33)29(23-10-13-31-25-9-8-22(38-2)18-24(23)25)39-30(34)32-26-6-4-5-7-28(26)41(35,36)37/h8-10,13,18,20-21,26-29H,3-7,11-12,14-17,19H2,1-2H3,(H,32,34)(H,35,36,37)/t20?,21?,26-,27?,28-,29?/m1/s1. The molecule has 0 radical (unpaired) electrons. The molecule has 0 spiro atoms. The van der Waals surface area contributed by atoms with Gasteiger partial charge in [-0.25, -0.2) is 13.2 Å². The van der Waals surface area contributed by atoms with Gasteiger partial charge in [-0.05, 0) is 67.4 Å². The van der Waals surface area contributed by atoms with E-state index in [9.17, 15) is 17.8 Å². The number of ether oxygens (including phenoxy) is 2. The number of nitrogens with zero attached hydrogens (tertiary/aromatic N) is 1. The summed E-state index contributed by atoms with van der Waals surface area (Å²) in [4.78, 5) is 19.5. The van der Waals surface area contributed by atoms with E-state index in [1.807, 2.05) is 36.0 Å². The third-order valence-corrected chi connectivity index (χ3v) is 11.9. The van der Waals surface area contributed by atoms with Gasteiger partial charge in [0.05, 0.1) is 41.1 Å². The largest absolute Gasteiger partial charge is 0.748 e. The average Bonchev–Trinajstić information content (AvgIpc) is 2.97. The van der Waals surface area contributed by atoms with Gasteiger partial charge in [0.25, 0.3) is 0 Å². The Bertz CT molecular complexity index is 1310. The number of hydrogen-bond acceptors (Lipinski definition) is 8. The molecule has 9 nitrogen and oxygen atoms in total. The zero-order valence-electron chi connectivity index (χ0n) is 24.0. The summed E-state index contributed by atoms with van der Waals surface area (Å²) in [6.07, 6.45) is 7.23. The van der Waals surface area contributed by atoms with Crippen molar-refractivity contribution in [1.29, 1.82) is 0 Å². The molecule has 4 fully saturated rings. The number of benzene rings is 1. The normalized spacial score (nSPS) is 28.8. The summed E-state index contributed by atoms with van der Waals surface area (Å²) >= 11 is 2.04. The molecule has 2 bridgehead atoms. The Morgan fingerprint density at radius 1 is 1.22 bits per heavy atom.